The van der Waals surface area contributed by atoms with Crippen LogP contribution in [0.25, 0.3) is 60.3 Å². The van der Waals surface area contributed by atoms with Crippen molar-refractivity contribution in [2.45, 2.75) is 0 Å². The molecule has 0 spiro atoms. The molecule has 0 aliphatic heterocycles. The van der Waals surface area contributed by atoms with Gasteiger partial charge in [0.15, 0.2) is 0 Å². The van der Waals surface area contributed by atoms with Crippen LogP contribution in [0.1, 0.15) is 0 Å². The maximum Gasteiger partial charge on any atom is 0.146 e. The van der Waals surface area contributed by atoms with Gasteiger partial charge in [-0.3, -0.25) is 4.40 Å². The topological polar surface area (TPSA) is 17.3 Å². The third-order valence-electron chi connectivity index (χ3n) is 6.40. The number of rotatable bonds is 1. The van der Waals surface area contributed by atoms with Crippen molar-refractivity contribution in [1.82, 2.24) is 9.38 Å². The standard InChI is InChI=1S/C29H17BrN2/c30-22-12-14-26-28(17-22)32-27-16-21(20-10-9-18-5-1-2-6-19(18)15-20)11-13-24(27)23-7-3-4-8-25(23)29(32)31-26/h1-17H. The highest BCUT2D eigenvalue weighted by Gasteiger charge is 2.14. The van der Waals surface area contributed by atoms with Gasteiger partial charge in [0, 0.05) is 15.2 Å². The Bertz CT molecular complexity index is 1850. The van der Waals surface area contributed by atoms with Gasteiger partial charge in [-0.25, -0.2) is 4.98 Å². The van der Waals surface area contributed by atoms with Crippen molar-refractivity contribution in [2.75, 3.05) is 0 Å². The van der Waals surface area contributed by atoms with Crippen LogP contribution in [-0.4, -0.2) is 9.38 Å². The van der Waals surface area contributed by atoms with E-state index >= 15 is 0 Å². The molecule has 2 heterocycles. The Morgan fingerprint density at radius 1 is 0.562 bits per heavy atom. The highest BCUT2D eigenvalue weighted by Crippen LogP contribution is 2.35. The van der Waals surface area contributed by atoms with Gasteiger partial charge in [0.1, 0.15) is 5.65 Å². The number of nitrogens with zero attached hydrogens (tertiary/aromatic N) is 2. The molecule has 0 amide bonds. The summed E-state index contributed by atoms with van der Waals surface area (Å²) >= 11 is 3.65. The lowest BCUT2D eigenvalue weighted by molar-refractivity contribution is 1.31. The molecule has 0 saturated heterocycles. The molecule has 0 aliphatic rings. The minimum atomic E-state index is 0.997. The van der Waals surface area contributed by atoms with Crippen LogP contribution in [0.15, 0.2) is 108 Å². The van der Waals surface area contributed by atoms with Gasteiger partial charge in [-0.1, -0.05) is 88.7 Å². The quantitative estimate of drug-likeness (QED) is 0.219. The lowest BCUT2D eigenvalue weighted by atomic mass is 9.98. The van der Waals surface area contributed by atoms with Crippen LogP contribution in [0.4, 0.5) is 0 Å². The number of benzene rings is 5. The maximum atomic E-state index is 5.02. The summed E-state index contributed by atoms with van der Waals surface area (Å²) in [5.74, 6) is 0. The van der Waals surface area contributed by atoms with Crippen LogP contribution in [0.5, 0.6) is 0 Å². The van der Waals surface area contributed by atoms with E-state index < -0.39 is 0 Å². The van der Waals surface area contributed by atoms with Crippen molar-refractivity contribution >= 4 is 65.1 Å². The molecule has 0 atom stereocenters. The zero-order chi connectivity index (χ0) is 21.2. The van der Waals surface area contributed by atoms with E-state index in [0.29, 0.717) is 0 Å². The number of hydrogen-bond donors (Lipinski definition) is 0. The van der Waals surface area contributed by atoms with Crippen LogP contribution in [0, 0.1) is 0 Å². The second-order valence-corrected chi connectivity index (χ2v) is 9.16. The van der Waals surface area contributed by atoms with E-state index in [4.69, 9.17) is 4.98 Å². The minimum absolute atomic E-state index is 0.997. The molecule has 0 fully saturated rings. The maximum absolute atomic E-state index is 5.02. The number of pyridine rings is 1. The zero-order valence-corrected chi connectivity index (χ0v) is 18.7. The van der Waals surface area contributed by atoms with Crippen molar-refractivity contribution < 1.29 is 0 Å². The van der Waals surface area contributed by atoms with E-state index in [0.717, 1.165) is 21.2 Å². The largest absolute Gasteiger partial charge is 0.292 e. The Hall–Kier alpha value is -3.69. The lowest BCUT2D eigenvalue weighted by Gasteiger charge is -2.11. The number of hydrogen-bond acceptors (Lipinski definition) is 1. The second kappa shape index (κ2) is 6.65. The summed E-state index contributed by atoms with van der Waals surface area (Å²) in [6, 6.07) is 36.9. The van der Waals surface area contributed by atoms with Crippen molar-refractivity contribution in [1.29, 1.82) is 0 Å². The molecule has 5 aromatic carbocycles. The Morgan fingerprint density at radius 2 is 1.31 bits per heavy atom. The highest BCUT2D eigenvalue weighted by atomic mass is 79.9. The summed E-state index contributed by atoms with van der Waals surface area (Å²) in [6.45, 7) is 0. The summed E-state index contributed by atoms with van der Waals surface area (Å²) in [5.41, 5.74) is 6.71. The predicted molar refractivity (Wildman–Crippen MR) is 138 cm³/mol. The fourth-order valence-corrected chi connectivity index (χ4v) is 5.23. The molecule has 3 heteroatoms. The normalized spacial score (nSPS) is 11.9. The Morgan fingerprint density at radius 3 is 2.22 bits per heavy atom. The van der Waals surface area contributed by atoms with E-state index in [2.05, 4.69) is 123 Å². The molecule has 0 unspecified atom stereocenters. The lowest BCUT2D eigenvalue weighted by Crippen LogP contribution is -1.92. The van der Waals surface area contributed by atoms with Crippen LogP contribution < -0.4 is 0 Å². The smallest absolute Gasteiger partial charge is 0.146 e. The van der Waals surface area contributed by atoms with Crippen molar-refractivity contribution in [3.05, 3.63) is 108 Å². The van der Waals surface area contributed by atoms with E-state index in [1.807, 2.05) is 0 Å². The zero-order valence-electron chi connectivity index (χ0n) is 17.1. The van der Waals surface area contributed by atoms with Gasteiger partial charge >= 0.3 is 0 Å². The highest BCUT2D eigenvalue weighted by molar-refractivity contribution is 9.10. The van der Waals surface area contributed by atoms with Crippen molar-refractivity contribution in [3.63, 3.8) is 0 Å². The molecule has 0 N–H and O–H groups in total. The van der Waals surface area contributed by atoms with Crippen LogP contribution in [0.2, 0.25) is 0 Å². The first-order chi connectivity index (χ1) is 15.8. The summed E-state index contributed by atoms with van der Waals surface area (Å²) in [5, 5.41) is 6.15. The predicted octanol–water partition coefficient (Wildman–Crippen LogP) is 8.38. The van der Waals surface area contributed by atoms with Crippen LogP contribution in [-0.2, 0) is 0 Å². The molecule has 150 valence electrons. The fraction of sp³-hybridized carbons (Fsp3) is 0. The van der Waals surface area contributed by atoms with Gasteiger partial charge in [-0.2, -0.15) is 0 Å². The van der Waals surface area contributed by atoms with Gasteiger partial charge in [0.2, 0.25) is 0 Å². The monoisotopic (exact) mass is 472 g/mol. The molecule has 0 bridgehead atoms. The van der Waals surface area contributed by atoms with Gasteiger partial charge in [-0.05, 0) is 57.6 Å². The summed E-state index contributed by atoms with van der Waals surface area (Å²) in [6.07, 6.45) is 0. The van der Waals surface area contributed by atoms with Gasteiger partial charge in [-0.15, -0.1) is 0 Å². The average Bonchev–Trinajstić information content (AvgIpc) is 3.22. The number of aromatic nitrogens is 2. The SMILES string of the molecule is Brc1ccc2nc3c4ccccc4c4ccc(-c5ccc6ccccc6c5)cc4n3c2c1. The fourth-order valence-electron chi connectivity index (χ4n) is 4.88. The van der Waals surface area contributed by atoms with E-state index in [1.165, 1.54) is 43.6 Å². The second-order valence-electron chi connectivity index (χ2n) is 8.24. The van der Waals surface area contributed by atoms with Gasteiger partial charge in [0.25, 0.3) is 0 Å². The molecular weight excluding hydrogens is 456 g/mol. The van der Waals surface area contributed by atoms with Crippen LogP contribution in [0.3, 0.4) is 0 Å². The van der Waals surface area contributed by atoms with E-state index in [9.17, 15) is 0 Å². The third-order valence-corrected chi connectivity index (χ3v) is 6.89. The molecule has 2 nitrogen and oxygen atoms in total. The first kappa shape index (κ1) is 17.9. The third kappa shape index (κ3) is 2.55. The molecule has 2 aromatic heterocycles. The molecule has 0 saturated carbocycles. The van der Waals surface area contributed by atoms with E-state index in [1.54, 1.807) is 0 Å². The van der Waals surface area contributed by atoms with Gasteiger partial charge < -0.3 is 0 Å². The Balaban J connectivity index is 1.63. The molecule has 7 rings (SSSR count). The molecule has 7 aromatic rings. The number of imidazole rings is 1. The minimum Gasteiger partial charge on any atom is -0.292 e. The number of fused-ring (bicyclic) bond motifs is 9. The first-order valence-corrected chi connectivity index (χ1v) is 11.5. The molecule has 0 radical (unpaired) electrons. The van der Waals surface area contributed by atoms with Gasteiger partial charge in [0.05, 0.1) is 16.6 Å². The first-order valence-electron chi connectivity index (χ1n) is 10.7. The Labute approximate surface area is 192 Å². The number of halogens is 1. The average molecular weight is 473 g/mol. The Kier molecular flexibility index (Phi) is 3.73. The molecule has 32 heavy (non-hydrogen) atoms. The van der Waals surface area contributed by atoms with E-state index in [-0.39, 0.29) is 0 Å². The van der Waals surface area contributed by atoms with Crippen molar-refractivity contribution in [3.8, 4) is 11.1 Å². The van der Waals surface area contributed by atoms with Crippen molar-refractivity contribution in [2.24, 2.45) is 0 Å². The van der Waals surface area contributed by atoms with Crippen LogP contribution >= 0.6 is 15.9 Å². The summed E-state index contributed by atoms with van der Waals surface area (Å²) < 4.78 is 3.36. The molecule has 0 aliphatic carbocycles. The summed E-state index contributed by atoms with van der Waals surface area (Å²) in [7, 11) is 0. The molecular formula is C29H17BrN2. The summed E-state index contributed by atoms with van der Waals surface area (Å²) in [4.78, 5) is 5.02.